The molecule has 0 aliphatic heterocycles. The molecule has 1 aromatic heterocycles. The Bertz CT molecular complexity index is 958. The molecule has 3 aromatic rings. The van der Waals surface area contributed by atoms with Crippen LogP contribution in [0.15, 0.2) is 59.0 Å². The Labute approximate surface area is 152 Å². The van der Waals surface area contributed by atoms with Crippen LogP contribution in [0.5, 0.6) is 0 Å². The smallest absolute Gasteiger partial charge is 0.303 e. The SMILES string of the molecule is Cc1ccc2oc(-c3ccccc3)cc(=[NH+]CCCCCC(=O)O)c2c1. The molecule has 3 rings (SSSR count). The maximum absolute atomic E-state index is 10.6. The Morgan fingerprint density at radius 3 is 2.62 bits per heavy atom. The molecule has 0 amide bonds. The third-order valence-corrected chi connectivity index (χ3v) is 4.36. The Balaban J connectivity index is 1.90. The van der Waals surface area contributed by atoms with Gasteiger partial charge >= 0.3 is 5.97 Å². The van der Waals surface area contributed by atoms with Crippen molar-refractivity contribution in [1.29, 1.82) is 0 Å². The van der Waals surface area contributed by atoms with Crippen LogP contribution in [0.25, 0.3) is 22.3 Å². The van der Waals surface area contributed by atoms with Crippen LogP contribution in [0.1, 0.15) is 31.2 Å². The van der Waals surface area contributed by atoms with Crippen LogP contribution in [0.3, 0.4) is 0 Å². The highest BCUT2D eigenvalue weighted by molar-refractivity contribution is 5.78. The Morgan fingerprint density at radius 1 is 1.04 bits per heavy atom. The molecule has 0 bridgehead atoms. The van der Waals surface area contributed by atoms with E-state index in [-0.39, 0.29) is 6.42 Å². The number of fused-ring (bicyclic) bond motifs is 1. The van der Waals surface area contributed by atoms with E-state index in [2.05, 4.69) is 24.0 Å². The molecule has 0 aliphatic carbocycles. The fourth-order valence-electron chi connectivity index (χ4n) is 2.99. The lowest BCUT2D eigenvalue weighted by molar-refractivity contribution is -0.499. The number of aryl methyl sites for hydroxylation is 1. The van der Waals surface area contributed by atoms with E-state index in [1.807, 2.05) is 42.5 Å². The number of nitrogens with one attached hydrogen (secondary N) is 1. The predicted molar refractivity (Wildman–Crippen MR) is 101 cm³/mol. The maximum atomic E-state index is 10.6. The van der Waals surface area contributed by atoms with Crippen LogP contribution in [0, 0.1) is 6.92 Å². The molecule has 134 valence electrons. The van der Waals surface area contributed by atoms with Crippen molar-refractivity contribution in [2.75, 3.05) is 6.54 Å². The second kappa shape index (κ2) is 8.48. The summed E-state index contributed by atoms with van der Waals surface area (Å²) >= 11 is 0. The summed E-state index contributed by atoms with van der Waals surface area (Å²) in [7, 11) is 0. The zero-order chi connectivity index (χ0) is 18.4. The van der Waals surface area contributed by atoms with E-state index < -0.39 is 5.97 Å². The number of benzene rings is 2. The minimum absolute atomic E-state index is 0.241. The van der Waals surface area contributed by atoms with E-state index in [0.29, 0.717) is 0 Å². The predicted octanol–water partition coefficient (Wildman–Crippen LogP) is 3.03. The minimum Gasteiger partial charge on any atom is -0.481 e. The highest BCUT2D eigenvalue weighted by Crippen LogP contribution is 2.21. The van der Waals surface area contributed by atoms with Crippen molar-refractivity contribution in [3.63, 3.8) is 0 Å². The zero-order valence-electron chi connectivity index (χ0n) is 15.0. The van der Waals surface area contributed by atoms with Gasteiger partial charge in [-0.05, 0) is 31.9 Å². The molecule has 26 heavy (non-hydrogen) atoms. The van der Waals surface area contributed by atoms with E-state index in [9.17, 15) is 4.79 Å². The van der Waals surface area contributed by atoms with Crippen molar-refractivity contribution < 1.29 is 19.3 Å². The van der Waals surface area contributed by atoms with Gasteiger partial charge in [-0.3, -0.25) is 4.79 Å². The number of hydrogen-bond donors (Lipinski definition) is 2. The first-order valence-corrected chi connectivity index (χ1v) is 9.02. The molecule has 2 N–H and O–H groups in total. The summed E-state index contributed by atoms with van der Waals surface area (Å²) in [6.45, 7) is 2.88. The monoisotopic (exact) mass is 350 g/mol. The molecule has 0 radical (unpaired) electrons. The molecule has 4 heteroatoms. The average molecular weight is 350 g/mol. The van der Waals surface area contributed by atoms with Gasteiger partial charge in [0.05, 0.1) is 11.5 Å². The van der Waals surface area contributed by atoms with Gasteiger partial charge in [0, 0.05) is 18.4 Å². The van der Waals surface area contributed by atoms with Gasteiger partial charge in [0.15, 0.2) is 0 Å². The first-order chi connectivity index (χ1) is 12.6. The molecule has 2 aromatic carbocycles. The molecule has 0 saturated carbocycles. The molecule has 0 atom stereocenters. The number of rotatable bonds is 7. The summed E-state index contributed by atoms with van der Waals surface area (Å²) in [5.41, 5.74) is 3.08. The number of carboxylic acid groups (broad SMARTS) is 1. The maximum Gasteiger partial charge on any atom is 0.303 e. The van der Waals surface area contributed by atoms with Crippen molar-refractivity contribution >= 4 is 16.9 Å². The van der Waals surface area contributed by atoms with E-state index in [0.717, 1.165) is 53.5 Å². The van der Waals surface area contributed by atoms with Gasteiger partial charge in [-0.2, -0.15) is 0 Å². The summed E-state index contributed by atoms with van der Waals surface area (Å²) in [4.78, 5) is 14.1. The number of carbonyl (C=O) groups is 1. The van der Waals surface area contributed by atoms with Gasteiger partial charge in [0.2, 0.25) is 5.36 Å². The fourth-order valence-corrected chi connectivity index (χ4v) is 2.99. The molecule has 0 spiro atoms. The highest BCUT2D eigenvalue weighted by atomic mass is 16.4. The van der Waals surface area contributed by atoms with Crippen LogP contribution < -0.4 is 10.3 Å². The van der Waals surface area contributed by atoms with Crippen molar-refractivity contribution in [2.45, 2.75) is 32.6 Å². The van der Waals surface area contributed by atoms with Gasteiger partial charge < -0.3 is 9.52 Å². The number of unbranched alkanes of at least 4 members (excludes halogenated alkanes) is 2. The van der Waals surface area contributed by atoms with E-state index in [1.165, 1.54) is 5.56 Å². The van der Waals surface area contributed by atoms with Crippen LogP contribution in [-0.4, -0.2) is 17.6 Å². The normalized spacial score (nSPS) is 11.8. The zero-order valence-corrected chi connectivity index (χ0v) is 15.0. The van der Waals surface area contributed by atoms with Crippen molar-refractivity contribution in [1.82, 2.24) is 0 Å². The number of carboxylic acids is 1. The molecule has 0 saturated heterocycles. The van der Waals surface area contributed by atoms with Gasteiger partial charge in [-0.25, -0.2) is 4.99 Å². The first kappa shape index (κ1) is 17.9. The van der Waals surface area contributed by atoms with Gasteiger partial charge in [-0.15, -0.1) is 0 Å². The number of hydrogen-bond acceptors (Lipinski definition) is 2. The highest BCUT2D eigenvalue weighted by Gasteiger charge is 2.09. The second-order valence-corrected chi connectivity index (χ2v) is 6.52. The largest absolute Gasteiger partial charge is 0.481 e. The lowest BCUT2D eigenvalue weighted by atomic mass is 10.1. The quantitative estimate of drug-likeness (QED) is 0.644. The lowest BCUT2D eigenvalue weighted by Gasteiger charge is -2.04. The van der Waals surface area contributed by atoms with Gasteiger partial charge in [0.1, 0.15) is 17.9 Å². The Hall–Kier alpha value is -2.88. The topological polar surface area (TPSA) is 64.4 Å². The summed E-state index contributed by atoms with van der Waals surface area (Å²) in [6, 6.07) is 18.3. The Kier molecular flexibility index (Phi) is 5.84. The van der Waals surface area contributed by atoms with Crippen LogP contribution in [0.4, 0.5) is 0 Å². The molecule has 0 aliphatic rings. The van der Waals surface area contributed by atoms with Crippen LogP contribution >= 0.6 is 0 Å². The molecular formula is C22H24NO3+. The van der Waals surface area contributed by atoms with E-state index in [1.54, 1.807) is 0 Å². The van der Waals surface area contributed by atoms with Crippen LogP contribution in [-0.2, 0) is 4.79 Å². The molecular weight excluding hydrogens is 326 g/mol. The number of aliphatic carboxylic acids is 1. The second-order valence-electron chi connectivity index (χ2n) is 6.52. The van der Waals surface area contributed by atoms with Gasteiger partial charge in [-0.1, -0.05) is 42.0 Å². The average Bonchev–Trinajstić information content (AvgIpc) is 2.65. The third-order valence-electron chi connectivity index (χ3n) is 4.36. The van der Waals surface area contributed by atoms with Crippen molar-refractivity contribution in [3.8, 4) is 11.3 Å². The summed E-state index contributed by atoms with van der Waals surface area (Å²) in [6.07, 6.45) is 2.80. The van der Waals surface area contributed by atoms with E-state index in [4.69, 9.17) is 9.52 Å². The minimum atomic E-state index is -0.725. The summed E-state index contributed by atoms with van der Waals surface area (Å²) < 4.78 is 6.11. The van der Waals surface area contributed by atoms with Crippen molar-refractivity contribution in [3.05, 3.63) is 65.5 Å². The molecule has 1 heterocycles. The van der Waals surface area contributed by atoms with E-state index >= 15 is 0 Å². The molecule has 0 unspecified atom stereocenters. The Morgan fingerprint density at radius 2 is 1.85 bits per heavy atom. The summed E-state index contributed by atoms with van der Waals surface area (Å²) in [5.74, 6) is 0.104. The van der Waals surface area contributed by atoms with Gasteiger partial charge in [0.25, 0.3) is 0 Å². The lowest BCUT2D eigenvalue weighted by Crippen LogP contribution is -2.76. The molecule has 4 nitrogen and oxygen atoms in total. The van der Waals surface area contributed by atoms with Crippen molar-refractivity contribution in [2.24, 2.45) is 0 Å². The first-order valence-electron chi connectivity index (χ1n) is 9.02. The summed E-state index contributed by atoms with van der Waals surface area (Å²) in [5, 5.41) is 10.8. The standard InChI is InChI=1S/C22H23NO3/c1-16-11-12-20-18(14-16)19(23-13-7-3-6-10-22(24)25)15-21(26-20)17-8-4-2-5-9-17/h2,4-5,8-9,11-12,14-15H,3,6-7,10,13H2,1H3,(H,24,25)/p+1. The fraction of sp³-hybridized carbons (Fsp3) is 0.273. The third kappa shape index (κ3) is 4.60. The van der Waals surface area contributed by atoms with Crippen LogP contribution in [0.2, 0.25) is 0 Å². The molecule has 0 fully saturated rings.